The molecule has 2 aromatic rings. The van der Waals surface area contributed by atoms with Gasteiger partial charge in [-0.25, -0.2) is 0 Å². The standard InChI is InChI=1S/C15H16ClNOS/c1-18-15-7-12(6-14(17)8-15)10-19-9-11-2-4-13(16)5-3-11/h2-8H,9-10,17H2,1H3. The van der Waals surface area contributed by atoms with Gasteiger partial charge in [0.25, 0.3) is 0 Å². The first-order chi connectivity index (χ1) is 9.17. The van der Waals surface area contributed by atoms with Gasteiger partial charge in [-0.1, -0.05) is 23.7 Å². The van der Waals surface area contributed by atoms with Crippen molar-refractivity contribution < 1.29 is 4.74 Å². The molecule has 0 saturated heterocycles. The fraction of sp³-hybridized carbons (Fsp3) is 0.200. The molecule has 4 heteroatoms. The average Bonchev–Trinajstić information content (AvgIpc) is 2.40. The molecule has 0 aromatic heterocycles. The van der Waals surface area contributed by atoms with Crippen LogP contribution in [0.2, 0.25) is 5.02 Å². The van der Waals surface area contributed by atoms with Crippen LogP contribution >= 0.6 is 23.4 Å². The first-order valence-electron chi connectivity index (χ1n) is 5.93. The highest BCUT2D eigenvalue weighted by atomic mass is 35.5. The molecule has 0 amide bonds. The molecule has 0 bridgehead atoms. The van der Waals surface area contributed by atoms with Gasteiger partial charge in [-0.05, 0) is 35.4 Å². The van der Waals surface area contributed by atoms with E-state index in [0.717, 1.165) is 28.0 Å². The van der Waals surface area contributed by atoms with Crippen molar-refractivity contribution in [2.45, 2.75) is 11.5 Å². The number of rotatable bonds is 5. The van der Waals surface area contributed by atoms with Gasteiger partial charge < -0.3 is 10.5 Å². The Morgan fingerprint density at radius 2 is 1.74 bits per heavy atom. The summed E-state index contributed by atoms with van der Waals surface area (Å²) in [6.07, 6.45) is 0. The molecular weight excluding hydrogens is 278 g/mol. The van der Waals surface area contributed by atoms with Crippen LogP contribution in [0.1, 0.15) is 11.1 Å². The predicted molar refractivity (Wildman–Crippen MR) is 83.9 cm³/mol. The summed E-state index contributed by atoms with van der Waals surface area (Å²) in [6, 6.07) is 13.8. The third kappa shape index (κ3) is 4.37. The highest BCUT2D eigenvalue weighted by Crippen LogP contribution is 2.24. The molecule has 100 valence electrons. The van der Waals surface area contributed by atoms with E-state index in [1.54, 1.807) is 7.11 Å². The summed E-state index contributed by atoms with van der Waals surface area (Å²) < 4.78 is 5.21. The average molecular weight is 294 g/mol. The summed E-state index contributed by atoms with van der Waals surface area (Å²) in [5.74, 6) is 2.67. The molecule has 0 radical (unpaired) electrons. The minimum atomic E-state index is 0.737. The van der Waals surface area contributed by atoms with E-state index in [2.05, 4.69) is 12.1 Å². The van der Waals surface area contributed by atoms with Crippen molar-refractivity contribution in [3.05, 3.63) is 58.6 Å². The quantitative estimate of drug-likeness (QED) is 0.832. The molecule has 0 unspecified atom stereocenters. The Labute approximate surface area is 122 Å². The normalized spacial score (nSPS) is 10.4. The number of ether oxygens (including phenoxy) is 1. The van der Waals surface area contributed by atoms with Gasteiger partial charge in [0.15, 0.2) is 0 Å². The fourth-order valence-electron chi connectivity index (χ4n) is 1.75. The second-order valence-electron chi connectivity index (χ2n) is 4.23. The lowest BCUT2D eigenvalue weighted by molar-refractivity contribution is 0.414. The summed E-state index contributed by atoms with van der Waals surface area (Å²) >= 11 is 7.70. The van der Waals surface area contributed by atoms with Crippen LogP contribution in [-0.2, 0) is 11.5 Å². The molecule has 0 spiro atoms. The van der Waals surface area contributed by atoms with Crippen molar-refractivity contribution in [3.8, 4) is 5.75 Å². The van der Waals surface area contributed by atoms with E-state index in [1.807, 2.05) is 42.1 Å². The lowest BCUT2D eigenvalue weighted by Crippen LogP contribution is -1.92. The van der Waals surface area contributed by atoms with Gasteiger partial charge in [0, 0.05) is 28.3 Å². The Morgan fingerprint density at radius 3 is 2.42 bits per heavy atom. The molecule has 2 rings (SSSR count). The van der Waals surface area contributed by atoms with Crippen LogP contribution in [-0.4, -0.2) is 7.11 Å². The minimum Gasteiger partial charge on any atom is -0.497 e. The maximum absolute atomic E-state index is 5.86. The second kappa shape index (κ2) is 6.73. The number of hydrogen-bond acceptors (Lipinski definition) is 3. The summed E-state index contributed by atoms with van der Waals surface area (Å²) in [5, 5.41) is 0.773. The van der Waals surface area contributed by atoms with E-state index >= 15 is 0 Å². The predicted octanol–water partition coefficient (Wildman–Crippen LogP) is 4.36. The second-order valence-corrected chi connectivity index (χ2v) is 5.66. The van der Waals surface area contributed by atoms with Gasteiger partial charge in [0.2, 0.25) is 0 Å². The van der Waals surface area contributed by atoms with E-state index in [-0.39, 0.29) is 0 Å². The zero-order valence-electron chi connectivity index (χ0n) is 10.7. The van der Waals surface area contributed by atoms with E-state index < -0.39 is 0 Å². The molecule has 2 N–H and O–H groups in total. The molecule has 2 nitrogen and oxygen atoms in total. The number of nitrogens with two attached hydrogens (primary N) is 1. The summed E-state index contributed by atoms with van der Waals surface area (Å²) in [5.41, 5.74) is 9.01. The Bertz CT molecular complexity index is 542. The number of anilines is 1. The molecule has 19 heavy (non-hydrogen) atoms. The van der Waals surface area contributed by atoms with Crippen LogP contribution in [0, 0.1) is 0 Å². The van der Waals surface area contributed by atoms with E-state index in [0.29, 0.717) is 0 Å². The smallest absolute Gasteiger partial charge is 0.121 e. The van der Waals surface area contributed by atoms with Gasteiger partial charge in [-0.3, -0.25) is 0 Å². The summed E-state index contributed by atoms with van der Waals surface area (Å²) in [6.45, 7) is 0. The third-order valence-corrected chi connectivity index (χ3v) is 4.00. The Kier molecular flexibility index (Phi) is 5.00. The van der Waals surface area contributed by atoms with E-state index in [9.17, 15) is 0 Å². The van der Waals surface area contributed by atoms with Crippen LogP contribution < -0.4 is 10.5 Å². The van der Waals surface area contributed by atoms with Crippen molar-refractivity contribution in [2.75, 3.05) is 12.8 Å². The molecule has 0 aliphatic heterocycles. The van der Waals surface area contributed by atoms with Gasteiger partial charge in [-0.15, -0.1) is 0 Å². The van der Waals surface area contributed by atoms with Gasteiger partial charge in [0.1, 0.15) is 5.75 Å². The SMILES string of the molecule is COc1cc(N)cc(CSCc2ccc(Cl)cc2)c1. The van der Waals surface area contributed by atoms with Gasteiger partial charge >= 0.3 is 0 Å². The van der Waals surface area contributed by atoms with Crippen LogP contribution in [0.4, 0.5) is 5.69 Å². The molecule has 0 heterocycles. The largest absolute Gasteiger partial charge is 0.497 e. The lowest BCUT2D eigenvalue weighted by atomic mass is 10.2. The van der Waals surface area contributed by atoms with Crippen LogP contribution in [0.25, 0.3) is 0 Å². The first-order valence-corrected chi connectivity index (χ1v) is 7.46. The van der Waals surface area contributed by atoms with E-state index in [4.69, 9.17) is 22.1 Å². The third-order valence-electron chi connectivity index (χ3n) is 2.68. The fourth-order valence-corrected chi connectivity index (χ4v) is 2.81. The van der Waals surface area contributed by atoms with E-state index in [1.165, 1.54) is 11.1 Å². The lowest BCUT2D eigenvalue weighted by Gasteiger charge is -2.07. The van der Waals surface area contributed by atoms with Crippen molar-refractivity contribution >= 4 is 29.1 Å². The number of benzene rings is 2. The van der Waals surface area contributed by atoms with Crippen molar-refractivity contribution in [1.82, 2.24) is 0 Å². The number of thioether (sulfide) groups is 1. The molecule has 0 fully saturated rings. The monoisotopic (exact) mass is 293 g/mol. The Hall–Kier alpha value is -1.32. The minimum absolute atomic E-state index is 0.737. The highest BCUT2D eigenvalue weighted by molar-refractivity contribution is 7.97. The van der Waals surface area contributed by atoms with Gasteiger partial charge in [0.05, 0.1) is 7.11 Å². The number of hydrogen-bond donors (Lipinski definition) is 1. The van der Waals surface area contributed by atoms with Crippen molar-refractivity contribution in [3.63, 3.8) is 0 Å². The Morgan fingerprint density at radius 1 is 1.05 bits per heavy atom. The van der Waals surface area contributed by atoms with Gasteiger partial charge in [-0.2, -0.15) is 11.8 Å². The van der Waals surface area contributed by atoms with Crippen LogP contribution in [0.5, 0.6) is 5.75 Å². The van der Waals surface area contributed by atoms with Crippen LogP contribution in [0.15, 0.2) is 42.5 Å². The van der Waals surface area contributed by atoms with Crippen molar-refractivity contribution in [2.24, 2.45) is 0 Å². The molecule has 2 aromatic carbocycles. The molecule has 0 atom stereocenters. The molecular formula is C15H16ClNOS. The number of methoxy groups -OCH3 is 1. The molecule has 0 saturated carbocycles. The molecule has 0 aliphatic carbocycles. The molecule has 0 aliphatic rings. The zero-order valence-corrected chi connectivity index (χ0v) is 12.3. The van der Waals surface area contributed by atoms with Crippen molar-refractivity contribution in [1.29, 1.82) is 0 Å². The van der Waals surface area contributed by atoms with Crippen LogP contribution in [0.3, 0.4) is 0 Å². The number of nitrogen functional groups attached to an aromatic ring is 1. The number of halogens is 1. The highest BCUT2D eigenvalue weighted by Gasteiger charge is 2.00. The maximum atomic E-state index is 5.86. The zero-order chi connectivity index (χ0) is 13.7. The maximum Gasteiger partial charge on any atom is 0.121 e. The summed E-state index contributed by atoms with van der Waals surface area (Å²) in [4.78, 5) is 0. The summed E-state index contributed by atoms with van der Waals surface area (Å²) in [7, 11) is 1.65. The topological polar surface area (TPSA) is 35.2 Å². The first kappa shape index (κ1) is 14.1. The Balaban J connectivity index is 1.92.